The standard InChI is InChI=1S/C21H21N5O3/c1-21(2,27)14-9-16-19(23-10-14)26(12-24-16)15-7-5-6-13(8-15)18-20(29-4)25-17(28-3)11-22-18/h5-12,27H,1-4H3. The molecule has 4 rings (SSSR count). The van der Waals surface area contributed by atoms with Crippen LogP contribution in [0.25, 0.3) is 28.1 Å². The summed E-state index contributed by atoms with van der Waals surface area (Å²) in [7, 11) is 3.08. The first-order chi connectivity index (χ1) is 13.9. The summed E-state index contributed by atoms with van der Waals surface area (Å²) in [6, 6.07) is 9.63. The van der Waals surface area contributed by atoms with Crippen LogP contribution >= 0.6 is 0 Å². The first-order valence-corrected chi connectivity index (χ1v) is 9.02. The second-order valence-electron chi connectivity index (χ2n) is 7.06. The van der Waals surface area contributed by atoms with Gasteiger partial charge in [-0.15, -0.1) is 0 Å². The summed E-state index contributed by atoms with van der Waals surface area (Å²) in [6.45, 7) is 3.44. The number of pyridine rings is 1. The third-order valence-corrected chi connectivity index (χ3v) is 4.61. The zero-order valence-electron chi connectivity index (χ0n) is 16.6. The number of methoxy groups -OCH3 is 2. The topological polar surface area (TPSA) is 95.2 Å². The van der Waals surface area contributed by atoms with Gasteiger partial charge in [0.2, 0.25) is 11.8 Å². The largest absolute Gasteiger partial charge is 0.480 e. The molecule has 0 aliphatic rings. The van der Waals surface area contributed by atoms with E-state index >= 15 is 0 Å². The second kappa shape index (κ2) is 7.14. The predicted molar refractivity (Wildman–Crippen MR) is 108 cm³/mol. The SMILES string of the molecule is COc1cnc(-c2cccc(-n3cnc4cc(C(C)(C)O)cnc43)c2)c(OC)n1. The Balaban J connectivity index is 1.79. The lowest BCUT2D eigenvalue weighted by Gasteiger charge is -2.16. The van der Waals surface area contributed by atoms with E-state index in [0.717, 1.165) is 11.3 Å². The van der Waals surface area contributed by atoms with Crippen molar-refractivity contribution in [3.63, 3.8) is 0 Å². The Morgan fingerprint density at radius 3 is 2.55 bits per heavy atom. The lowest BCUT2D eigenvalue weighted by atomic mass is 10.0. The van der Waals surface area contributed by atoms with E-state index in [1.165, 1.54) is 7.11 Å². The van der Waals surface area contributed by atoms with Crippen molar-refractivity contribution in [2.45, 2.75) is 19.4 Å². The van der Waals surface area contributed by atoms with Crippen molar-refractivity contribution in [2.75, 3.05) is 14.2 Å². The summed E-state index contributed by atoms with van der Waals surface area (Å²) in [5.74, 6) is 0.763. The number of ether oxygens (including phenoxy) is 2. The third kappa shape index (κ3) is 3.50. The van der Waals surface area contributed by atoms with Crippen LogP contribution < -0.4 is 9.47 Å². The van der Waals surface area contributed by atoms with Crippen molar-refractivity contribution in [3.05, 3.63) is 54.6 Å². The highest BCUT2D eigenvalue weighted by Gasteiger charge is 2.18. The smallest absolute Gasteiger partial charge is 0.243 e. The number of benzene rings is 1. The van der Waals surface area contributed by atoms with E-state index in [0.29, 0.717) is 34.2 Å². The third-order valence-electron chi connectivity index (χ3n) is 4.61. The van der Waals surface area contributed by atoms with Crippen LogP contribution in [0.1, 0.15) is 19.4 Å². The minimum atomic E-state index is -0.978. The molecule has 0 atom stereocenters. The zero-order chi connectivity index (χ0) is 20.6. The van der Waals surface area contributed by atoms with Gasteiger partial charge in [-0.2, -0.15) is 4.98 Å². The fourth-order valence-corrected chi connectivity index (χ4v) is 3.02. The van der Waals surface area contributed by atoms with Crippen molar-refractivity contribution >= 4 is 11.2 Å². The fraction of sp³-hybridized carbons (Fsp3) is 0.238. The molecule has 0 bridgehead atoms. The maximum atomic E-state index is 10.2. The van der Waals surface area contributed by atoms with Gasteiger partial charge in [-0.1, -0.05) is 12.1 Å². The molecule has 0 aliphatic heterocycles. The average molecular weight is 391 g/mol. The molecular formula is C21H21N5O3. The molecule has 0 saturated carbocycles. The summed E-state index contributed by atoms with van der Waals surface area (Å²) >= 11 is 0. The fourth-order valence-electron chi connectivity index (χ4n) is 3.02. The number of imidazole rings is 1. The minimum absolute atomic E-state index is 0.380. The van der Waals surface area contributed by atoms with Crippen LogP contribution in [0.2, 0.25) is 0 Å². The summed E-state index contributed by atoms with van der Waals surface area (Å²) in [6.07, 6.45) is 4.93. The molecule has 148 valence electrons. The maximum Gasteiger partial charge on any atom is 0.243 e. The Labute approximate surface area is 167 Å². The van der Waals surface area contributed by atoms with Gasteiger partial charge in [0.15, 0.2) is 5.65 Å². The number of rotatable bonds is 5. The van der Waals surface area contributed by atoms with Crippen LogP contribution in [0.4, 0.5) is 0 Å². The quantitative estimate of drug-likeness (QED) is 0.558. The molecule has 0 unspecified atom stereocenters. The van der Waals surface area contributed by atoms with Crippen LogP contribution in [-0.4, -0.2) is 43.8 Å². The number of hydrogen-bond acceptors (Lipinski definition) is 7. The van der Waals surface area contributed by atoms with Crippen LogP contribution in [-0.2, 0) is 5.60 Å². The molecule has 0 saturated heterocycles. The van der Waals surface area contributed by atoms with Gasteiger partial charge < -0.3 is 14.6 Å². The number of aromatic nitrogens is 5. The Morgan fingerprint density at radius 2 is 1.83 bits per heavy atom. The van der Waals surface area contributed by atoms with Gasteiger partial charge in [0.05, 0.1) is 26.0 Å². The van der Waals surface area contributed by atoms with Gasteiger partial charge in [0.1, 0.15) is 17.5 Å². The van der Waals surface area contributed by atoms with Crippen LogP contribution in [0.15, 0.2) is 49.1 Å². The summed E-state index contributed by atoms with van der Waals surface area (Å²) in [5, 5.41) is 10.2. The summed E-state index contributed by atoms with van der Waals surface area (Å²) in [4.78, 5) is 17.7. The molecule has 8 heteroatoms. The molecule has 8 nitrogen and oxygen atoms in total. The van der Waals surface area contributed by atoms with Crippen molar-refractivity contribution in [1.29, 1.82) is 0 Å². The van der Waals surface area contributed by atoms with E-state index in [1.807, 2.05) is 34.9 Å². The molecule has 0 fully saturated rings. The molecular weight excluding hydrogens is 370 g/mol. The molecule has 0 aliphatic carbocycles. The Morgan fingerprint density at radius 1 is 1.00 bits per heavy atom. The molecule has 3 aromatic heterocycles. The van der Waals surface area contributed by atoms with E-state index in [9.17, 15) is 5.11 Å². The number of nitrogens with zero attached hydrogens (tertiary/aromatic N) is 5. The van der Waals surface area contributed by atoms with Crippen molar-refractivity contribution in [1.82, 2.24) is 24.5 Å². The van der Waals surface area contributed by atoms with E-state index in [1.54, 1.807) is 39.7 Å². The molecule has 29 heavy (non-hydrogen) atoms. The molecule has 4 aromatic rings. The molecule has 0 amide bonds. The summed E-state index contributed by atoms with van der Waals surface area (Å²) < 4.78 is 12.4. The van der Waals surface area contributed by atoms with Crippen LogP contribution in [0, 0.1) is 0 Å². The van der Waals surface area contributed by atoms with Gasteiger partial charge in [0.25, 0.3) is 0 Å². The highest BCUT2D eigenvalue weighted by Crippen LogP contribution is 2.30. The predicted octanol–water partition coefficient (Wildman–Crippen LogP) is 3.12. The lowest BCUT2D eigenvalue weighted by Crippen LogP contribution is -2.15. The van der Waals surface area contributed by atoms with Gasteiger partial charge in [-0.25, -0.2) is 15.0 Å². The average Bonchev–Trinajstić information content (AvgIpc) is 3.16. The Kier molecular flexibility index (Phi) is 4.63. The van der Waals surface area contributed by atoms with Gasteiger partial charge >= 0.3 is 0 Å². The second-order valence-corrected chi connectivity index (χ2v) is 7.06. The molecule has 3 heterocycles. The zero-order valence-corrected chi connectivity index (χ0v) is 16.6. The van der Waals surface area contributed by atoms with Crippen molar-refractivity contribution in [3.8, 4) is 28.7 Å². The first-order valence-electron chi connectivity index (χ1n) is 9.02. The van der Waals surface area contributed by atoms with Crippen LogP contribution in [0.3, 0.4) is 0 Å². The minimum Gasteiger partial charge on any atom is -0.480 e. The van der Waals surface area contributed by atoms with Crippen LogP contribution in [0.5, 0.6) is 11.8 Å². The molecule has 0 spiro atoms. The Bertz CT molecular complexity index is 1180. The molecule has 1 N–H and O–H groups in total. The van der Waals surface area contributed by atoms with Gasteiger partial charge in [-0.3, -0.25) is 4.57 Å². The molecule has 1 aromatic carbocycles. The lowest BCUT2D eigenvalue weighted by molar-refractivity contribution is 0.0784. The Hall–Kier alpha value is -3.52. The highest BCUT2D eigenvalue weighted by atomic mass is 16.5. The van der Waals surface area contributed by atoms with Gasteiger partial charge in [0, 0.05) is 23.0 Å². The normalized spacial score (nSPS) is 11.6. The maximum absolute atomic E-state index is 10.2. The monoisotopic (exact) mass is 391 g/mol. The first kappa shape index (κ1) is 18.8. The summed E-state index contributed by atoms with van der Waals surface area (Å²) in [5.41, 5.74) is 3.45. The van der Waals surface area contributed by atoms with Crippen molar-refractivity contribution in [2.24, 2.45) is 0 Å². The molecule has 0 radical (unpaired) electrons. The van der Waals surface area contributed by atoms with E-state index in [-0.39, 0.29) is 0 Å². The van der Waals surface area contributed by atoms with Gasteiger partial charge in [-0.05, 0) is 32.0 Å². The van der Waals surface area contributed by atoms with Crippen molar-refractivity contribution < 1.29 is 14.6 Å². The van der Waals surface area contributed by atoms with E-state index in [2.05, 4.69) is 19.9 Å². The number of fused-ring (bicyclic) bond motifs is 1. The van der Waals surface area contributed by atoms with E-state index in [4.69, 9.17) is 9.47 Å². The highest BCUT2D eigenvalue weighted by molar-refractivity contribution is 5.75. The number of hydrogen-bond donors (Lipinski definition) is 1. The number of aliphatic hydroxyl groups is 1. The van der Waals surface area contributed by atoms with E-state index < -0.39 is 5.60 Å².